The van der Waals surface area contributed by atoms with Gasteiger partial charge in [0.25, 0.3) is 5.56 Å². The van der Waals surface area contributed by atoms with E-state index in [0.29, 0.717) is 5.56 Å². The molecule has 90 valence electrons. The number of aryl methyl sites for hydroxylation is 1. The second kappa shape index (κ2) is 4.50. The Morgan fingerprint density at radius 3 is 2.71 bits per heavy atom. The molecule has 0 amide bonds. The van der Waals surface area contributed by atoms with Crippen molar-refractivity contribution in [3.05, 3.63) is 53.4 Å². The predicted molar refractivity (Wildman–Crippen MR) is 69.2 cm³/mol. The van der Waals surface area contributed by atoms with Gasteiger partial charge in [-0.2, -0.15) is 0 Å². The van der Waals surface area contributed by atoms with Gasteiger partial charge in [0.05, 0.1) is 6.54 Å². The van der Waals surface area contributed by atoms with Crippen LogP contribution in [0.2, 0.25) is 5.15 Å². The van der Waals surface area contributed by atoms with Gasteiger partial charge in [0.2, 0.25) is 0 Å². The summed E-state index contributed by atoms with van der Waals surface area (Å²) in [5.41, 5.74) is 0.624. The second-order valence-corrected chi connectivity index (χ2v) is 5.17. The van der Waals surface area contributed by atoms with E-state index < -0.39 is 5.69 Å². The highest BCUT2D eigenvalue weighted by Crippen LogP contribution is 2.15. The van der Waals surface area contributed by atoms with E-state index in [-0.39, 0.29) is 17.3 Å². The predicted octanol–water partition coefficient (Wildman–Crippen LogP) is 1.92. The van der Waals surface area contributed by atoms with Crippen LogP contribution >= 0.6 is 22.9 Å². The summed E-state index contributed by atoms with van der Waals surface area (Å²) < 4.78 is 1.17. The van der Waals surface area contributed by atoms with Crippen LogP contribution in [0.1, 0.15) is 16.0 Å². The van der Waals surface area contributed by atoms with Crippen molar-refractivity contribution in [1.82, 2.24) is 9.55 Å². The van der Waals surface area contributed by atoms with E-state index in [0.717, 1.165) is 10.4 Å². The molecule has 17 heavy (non-hydrogen) atoms. The van der Waals surface area contributed by atoms with Gasteiger partial charge < -0.3 is 0 Å². The lowest BCUT2D eigenvalue weighted by atomic mass is 10.3. The molecule has 4 nitrogen and oxygen atoms in total. The topological polar surface area (TPSA) is 54.9 Å². The second-order valence-electron chi connectivity index (χ2n) is 3.79. The van der Waals surface area contributed by atoms with E-state index in [1.54, 1.807) is 6.92 Å². The van der Waals surface area contributed by atoms with Crippen LogP contribution in [0.25, 0.3) is 0 Å². The normalized spacial score (nSPS) is 10.8. The lowest BCUT2D eigenvalue weighted by molar-refractivity contribution is 0.697. The standard InChI is InChI=1S/C11H11ClN2O2S/c1-6-3-4-17-8(6)5-14-10(15)7(2)9(12)13-11(14)16/h3-4H,5H2,1-2H3,(H,13,16). The zero-order valence-corrected chi connectivity index (χ0v) is 11.0. The summed E-state index contributed by atoms with van der Waals surface area (Å²) in [5.74, 6) is 0. The first kappa shape index (κ1) is 12.1. The van der Waals surface area contributed by atoms with Crippen molar-refractivity contribution in [2.45, 2.75) is 20.4 Å². The van der Waals surface area contributed by atoms with Crippen LogP contribution in [-0.4, -0.2) is 9.55 Å². The smallest absolute Gasteiger partial charge is 0.297 e. The SMILES string of the molecule is Cc1ccsc1Cn1c(=O)[nH]c(Cl)c(C)c1=O. The van der Waals surface area contributed by atoms with Crippen molar-refractivity contribution in [2.75, 3.05) is 0 Å². The number of nitrogens with one attached hydrogen (secondary N) is 1. The summed E-state index contributed by atoms with van der Waals surface area (Å²) in [7, 11) is 0. The largest absolute Gasteiger partial charge is 0.329 e. The van der Waals surface area contributed by atoms with Gasteiger partial charge >= 0.3 is 5.69 Å². The number of thiophene rings is 1. The first-order valence-corrected chi connectivity index (χ1v) is 6.28. The van der Waals surface area contributed by atoms with Gasteiger partial charge in [-0.25, -0.2) is 4.79 Å². The Morgan fingerprint density at radius 2 is 2.12 bits per heavy atom. The molecule has 0 unspecified atom stereocenters. The van der Waals surface area contributed by atoms with Gasteiger partial charge in [0, 0.05) is 10.4 Å². The number of aromatic amines is 1. The molecule has 2 rings (SSSR count). The number of halogens is 1. The molecule has 0 aromatic carbocycles. The van der Waals surface area contributed by atoms with E-state index in [1.165, 1.54) is 15.9 Å². The highest BCUT2D eigenvalue weighted by molar-refractivity contribution is 7.10. The lowest BCUT2D eigenvalue weighted by Gasteiger charge is -2.06. The van der Waals surface area contributed by atoms with Gasteiger partial charge in [-0.3, -0.25) is 14.3 Å². The highest BCUT2D eigenvalue weighted by atomic mass is 35.5. The molecule has 0 radical (unpaired) electrons. The van der Waals surface area contributed by atoms with Crippen molar-refractivity contribution in [3.63, 3.8) is 0 Å². The summed E-state index contributed by atoms with van der Waals surface area (Å²) in [4.78, 5) is 27.0. The molecule has 0 fully saturated rings. The molecule has 6 heteroatoms. The Kier molecular flexibility index (Phi) is 3.22. The summed E-state index contributed by atoms with van der Waals surface area (Å²) in [5, 5.41) is 2.05. The molecule has 1 N–H and O–H groups in total. The molecule has 0 aliphatic rings. The van der Waals surface area contributed by atoms with E-state index in [9.17, 15) is 9.59 Å². The number of hydrogen-bond acceptors (Lipinski definition) is 3. The van der Waals surface area contributed by atoms with Crippen molar-refractivity contribution in [3.8, 4) is 0 Å². The zero-order chi connectivity index (χ0) is 12.6. The third-order valence-electron chi connectivity index (χ3n) is 2.63. The van der Waals surface area contributed by atoms with Crippen LogP contribution in [-0.2, 0) is 6.54 Å². The lowest BCUT2D eigenvalue weighted by Crippen LogP contribution is -2.36. The van der Waals surface area contributed by atoms with Crippen molar-refractivity contribution in [2.24, 2.45) is 0 Å². The molecular formula is C11H11ClN2O2S. The van der Waals surface area contributed by atoms with Crippen LogP contribution in [0.5, 0.6) is 0 Å². The van der Waals surface area contributed by atoms with Crippen molar-refractivity contribution < 1.29 is 0 Å². The molecule has 0 bridgehead atoms. The molecule has 2 aromatic rings. The fraction of sp³-hybridized carbons (Fsp3) is 0.273. The maximum Gasteiger partial charge on any atom is 0.329 e. The number of aromatic nitrogens is 2. The first-order chi connectivity index (χ1) is 8.00. The molecular weight excluding hydrogens is 260 g/mol. The fourth-order valence-corrected chi connectivity index (χ4v) is 2.55. The van der Waals surface area contributed by atoms with Gasteiger partial charge in [0.1, 0.15) is 5.15 Å². The Labute approximate surface area is 106 Å². The van der Waals surface area contributed by atoms with E-state index >= 15 is 0 Å². The summed E-state index contributed by atoms with van der Waals surface area (Å²) >= 11 is 7.26. The molecule has 0 saturated carbocycles. The van der Waals surface area contributed by atoms with E-state index in [2.05, 4.69) is 4.98 Å². The minimum atomic E-state index is -0.474. The number of nitrogens with zero attached hydrogens (tertiary/aromatic N) is 1. The average Bonchev–Trinajstić information content (AvgIpc) is 2.67. The Morgan fingerprint density at radius 1 is 1.41 bits per heavy atom. The average molecular weight is 271 g/mol. The first-order valence-electron chi connectivity index (χ1n) is 5.03. The Balaban J connectivity index is 2.55. The third kappa shape index (κ3) is 2.21. The summed E-state index contributed by atoms with van der Waals surface area (Å²) in [6.45, 7) is 3.84. The van der Waals surface area contributed by atoms with Crippen molar-refractivity contribution in [1.29, 1.82) is 0 Å². The molecule has 0 aliphatic carbocycles. The van der Waals surface area contributed by atoms with Crippen LogP contribution in [0.4, 0.5) is 0 Å². The Hall–Kier alpha value is -1.33. The quantitative estimate of drug-likeness (QED) is 0.848. The van der Waals surface area contributed by atoms with Gasteiger partial charge in [-0.15, -0.1) is 11.3 Å². The maximum atomic E-state index is 11.9. The van der Waals surface area contributed by atoms with E-state index in [1.807, 2.05) is 18.4 Å². The van der Waals surface area contributed by atoms with Crippen LogP contribution in [0, 0.1) is 13.8 Å². The van der Waals surface area contributed by atoms with Crippen LogP contribution < -0.4 is 11.2 Å². The number of H-pyrrole nitrogens is 1. The molecule has 0 aliphatic heterocycles. The third-order valence-corrected chi connectivity index (χ3v) is 4.01. The monoisotopic (exact) mass is 270 g/mol. The minimum Gasteiger partial charge on any atom is -0.297 e. The Bertz CT molecular complexity index is 669. The number of hydrogen-bond donors (Lipinski definition) is 1. The van der Waals surface area contributed by atoms with Crippen molar-refractivity contribution >= 4 is 22.9 Å². The minimum absolute atomic E-state index is 0.110. The summed E-state index contributed by atoms with van der Waals surface area (Å²) in [6.07, 6.45) is 0. The molecule has 2 heterocycles. The highest BCUT2D eigenvalue weighted by Gasteiger charge is 2.10. The van der Waals surface area contributed by atoms with Gasteiger partial charge in [0.15, 0.2) is 0 Å². The van der Waals surface area contributed by atoms with Crippen LogP contribution in [0.15, 0.2) is 21.0 Å². The number of rotatable bonds is 2. The molecule has 2 aromatic heterocycles. The van der Waals surface area contributed by atoms with Crippen LogP contribution in [0.3, 0.4) is 0 Å². The van der Waals surface area contributed by atoms with E-state index in [4.69, 9.17) is 11.6 Å². The van der Waals surface area contributed by atoms with Gasteiger partial charge in [-0.1, -0.05) is 11.6 Å². The maximum absolute atomic E-state index is 11.9. The fourth-order valence-electron chi connectivity index (χ4n) is 1.50. The summed E-state index contributed by atoms with van der Waals surface area (Å²) in [6, 6.07) is 1.96. The zero-order valence-electron chi connectivity index (χ0n) is 9.41. The molecule has 0 atom stereocenters. The van der Waals surface area contributed by atoms with Gasteiger partial charge in [-0.05, 0) is 30.9 Å². The molecule has 0 spiro atoms. The molecule has 0 saturated heterocycles.